The van der Waals surface area contributed by atoms with Crippen LogP contribution in [-0.4, -0.2) is 72.1 Å². The van der Waals surface area contributed by atoms with Gasteiger partial charge in [-0.3, -0.25) is 14.4 Å². The van der Waals surface area contributed by atoms with Gasteiger partial charge in [0.1, 0.15) is 28.9 Å². The number of hydrogen-bond acceptors (Lipinski definition) is 6. The Balaban J connectivity index is 1.39. The number of ether oxygens (including phenoxy) is 1. The Morgan fingerprint density at radius 2 is 1.97 bits per heavy atom. The number of fused-ring (bicyclic) bond motifs is 2. The molecule has 0 unspecified atom stereocenters. The average molecular weight is 504 g/mol. The fourth-order valence-corrected chi connectivity index (χ4v) is 5.79. The summed E-state index contributed by atoms with van der Waals surface area (Å²) in [5.74, 6) is -1.32. The lowest BCUT2D eigenvalue weighted by Gasteiger charge is -2.39. The normalized spacial score (nSPS) is 19.5. The first-order chi connectivity index (χ1) is 16.7. The fraction of sp³-hybridized carbons (Fsp3) is 0.304. The van der Waals surface area contributed by atoms with Crippen molar-refractivity contribution in [3.05, 3.63) is 60.4 Å². The third-order valence-electron chi connectivity index (χ3n) is 6.16. The Kier molecular flexibility index (Phi) is 6.03. The topological polar surface area (TPSA) is 96.8 Å². The van der Waals surface area contributed by atoms with E-state index in [1.54, 1.807) is 25.2 Å². The molecule has 0 saturated carbocycles. The first-order valence-electron chi connectivity index (χ1n) is 11.0. The van der Waals surface area contributed by atoms with Crippen LogP contribution in [0.25, 0.3) is 11.1 Å². The van der Waals surface area contributed by atoms with E-state index in [1.807, 2.05) is 4.90 Å². The van der Waals surface area contributed by atoms with Crippen LogP contribution in [0, 0.1) is 11.6 Å². The van der Waals surface area contributed by atoms with Gasteiger partial charge in [-0.2, -0.15) is 9.40 Å². The van der Waals surface area contributed by atoms with Crippen LogP contribution in [0.4, 0.5) is 14.5 Å². The molecular formula is C23H23F2N5O4S. The van der Waals surface area contributed by atoms with Crippen LogP contribution in [-0.2, 0) is 21.9 Å². The zero-order valence-electron chi connectivity index (χ0n) is 18.8. The number of benzene rings is 2. The van der Waals surface area contributed by atoms with Crippen molar-refractivity contribution in [1.29, 1.82) is 0 Å². The van der Waals surface area contributed by atoms with E-state index in [9.17, 15) is 22.0 Å². The molecule has 0 spiro atoms. The largest absolute Gasteiger partial charge is 0.490 e. The maximum atomic E-state index is 14.3. The molecule has 2 aliphatic rings. The van der Waals surface area contributed by atoms with Gasteiger partial charge in [0.2, 0.25) is 15.9 Å². The molecule has 3 heterocycles. The van der Waals surface area contributed by atoms with Gasteiger partial charge in [-0.05, 0) is 29.8 Å². The number of aryl methyl sites for hydroxylation is 1. The van der Waals surface area contributed by atoms with Crippen molar-refractivity contribution in [3.63, 3.8) is 0 Å². The first-order valence-corrected chi connectivity index (χ1v) is 12.4. The van der Waals surface area contributed by atoms with Gasteiger partial charge in [0, 0.05) is 44.5 Å². The molecule has 1 saturated heterocycles. The minimum atomic E-state index is -3.73. The molecule has 9 nitrogen and oxygen atoms in total. The van der Waals surface area contributed by atoms with Gasteiger partial charge in [0.25, 0.3) is 0 Å². The summed E-state index contributed by atoms with van der Waals surface area (Å²) in [6, 6.07) is 7.75. The molecule has 3 aromatic rings. The number of hydrogen-bond donors (Lipinski definition) is 1. The minimum Gasteiger partial charge on any atom is -0.490 e. The molecule has 0 aliphatic carbocycles. The number of carbonyl (C=O) groups is 1. The smallest absolute Gasteiger partial charge is 0.246 e. The van der Waals surface area contributed by atoms with E-state index < -0.39 is 21.7 Å². The highest BCUT2D eigenvalue weighted by Crippen LogP contribution is 2.33. The van der Waals surface area contributed by atoms with E-state index in [2.05, 4.69) is 10.4 Å². The molecule has 12 heteroatoms. The number of sulfonamides is 1. The van der Waals surface area contributed by atoms with E-state index in [0.717, 1.165) is 6.07 Å². The van der Waals surface area contributed by atoms with Crippen molar-refractivity contribution in [1.82, 2.24) is 19.0 Å². The van der Waals surface area contributed by atoms with E-state index >= 15 is 0 Å². The molecule has 1 atom stereocenters. The van der Waals surface area contributed by atoms with E-state index in [0.29, 0.717) is 23.5 Å². The van der Waals surface area contributed by atoms with E-state index in [1.165, 1.54) is 33.5 Å². The number of nitrogens with zero attached hydrogens (tertiary/aromatic N) is 4. The second-order valence-corrected chi connectivity index (χ2v) is 10.5. The molecule has 35 heavy (non-hydrogen) atoms. The van der Waals surface area contributed by atoms with Gasteiger partial charge in [-0.1, -0.05) is 6.07 Å². The quantitative estimate of drug-likeness (QED) is 0.588. The average Bonchev–Trinajstić information content (AvgIpc) is 3.27. The Bertz CT molecular complexity index is 1390. The molecule has 1 fully saturated rings. The second kappa shape index (κ2) is 9.02. The van der Waals surface area contributed by atoms with Gasteiger partial charge in [-0.25, -0.2) is 17.2 Å². The standard InChI is InChI=1S/C23H23F2N5O4S/c1-28-12-18(10-26-28)35(32,33)30-7-6-29-13-23(31)27-21-8-15(19-4-3-16(24)9-20(19)25)2-5-22(21)34-14-17(29)11-30/h2-5,8-10,12,17H,6-7,11,13-14H2,1H3,(H,27,31)/t17-/m1/s1. The Morgan fingerprint density at radius 1 is 1.14 bits per heavy atom. The van der Waals surface area contributed by atoms with E-state index in [-0.39, 0.29) is 48.6 Å². The van der Waals surface area contributed by atoms with Crippen molar-refractivity contribution in [2.75, 3.05) is 38.1 Å². The lowest BCUT2D eigenvalue weighted by Crippen LogP contribution is -2.57. The number of halogens is 2. The number of amides is 1. The van der Waals surface area contributed by atoms with Gasteiger partial charge < -0.3 is 10.1 Å². The molecule has 0 bridgehead atoms. The summed E-state index contributed by atoms with van der Waals surface area (Å²) in [5, 5.41) is 6.75. The lowest BCUT2D eigenvalue weighted by molar-refractivity contribution is -0.118. The highest BCUT2D eigenvalue weighted by molar-refractivity contribution is 7.89. The zero-order chi connectivity index (χ0) is 24.7. The van der Waals surface area contributed by atoms with Gasteiger partial charge in [0.05, 0.1) is 24.5 Å². The molecular weight excluding hydrogens is 480 g/mol. The Hall–Kier alpha value is -3.35. The summed E-state index contributed by atoms with van der Waals surface area (Å²) in [7, 11) is -2.09. The highest BCUT2D eigenvalue weighted by Gasteiger charge is 2.36. The van der Waals surface area contributed by atoms with Crippen molar-refractivity contribution in [3.8, 4) is 16.9 Å². The molecule has 1 N–H and O–H groups in total. The molecule has 184 valence electrons. The van der Waals surface area contributed by atoms with Crippen LogP contribution in [0.1, 0.15) is 0 Å². The number of carbonyl (C=O) groups excluding carboxylic acids is 1. The minimum absolute atomic E-state index is 0.0450. The van der Waals surface area contributed by atoms with Crippen molar-refractivity contribution in [2.45, 2.75) is 10.9 Å². The van der Waals surface area contributed by atoms with Crippen LogP contribution >= 0.6 is 0 Å². The summed E-state index contributed by atoms with van der Waals surface area (Å²) in [6.45, 7) is 0.915. The van der Waals surface area contributed by atoms with Crippen molar-refractivity contribution < 1.29 is 26.7 Å². The molecule has 0 radical (unpaired) electrons. The first kappa shape index (κ1) is 23.4. The molecule has 1 aromatic heterocycles. The van der Waals surface area contributed by atoms with Crippen LogP contribution in [0.2, 0.25) is 0 Å². The van der Waals surface area contributed by atoms with Crippen molar-refractivity contribution in [2.24, 2.45) is 7.05 Å². The summed E-state index contributed by atoms with van der Waals surface area (Å²) in [5.41, 5.74) is 1.00. The zero-order valence-corrected chi connectivity index (χ0v) is 19.6. The SMILES string of the molecule is Cn1cc(S(=O)(=O)N2CCN3CC(=O)Nc4cc(-c5ccc(F)cc5F)ccc4OC[C@H]3C2)cn1. The summed E-state index contributed by atoms with van der Waals surface area (Å²) in [6.07, 6.45) is 2.76. The number of aromatic nitrogens is 2. The van der Waals surface area contributed by atoms with E-state index in [4.69, 9.17) is 4.74 Å². The van der Waals surface area contributed by atoms with Gasteiger partial charge in [0.15, 0.2) is 0 Å². The number of anilines is 1. The summed E-state index contributed by atoms with van der Waals surface area (Å²) < 4.78 is 62.5. The Morgan fingerprint density at radius 3 is 2.71 bits per heavy atom. The van der Waals surface area contributed by atoms with Crippen LogP contribution in [0.3, 0.4) is 0 Å². The molecule has 2 aliphatic heterocycles. The molecule has 1 amide bonds. The number of rotatable bonds is 3. The second-order valence-electron chi connectivity index (χ2n) is 8.53. The maximum absolute atomic E-state index is 14.3. The van der Waals surface area contributed by atoms with Gasteiger partial charge >= 0.3 is 0 Å². The molecule has 5 rings (SSSR count). The Labute approximate surface area is 200 Å². The third-order valence-corrected chi connectivity index (χ3v) is 7.98. The maximum Gasteiger partial charge on any atom is 0.246 e. The monoisotopic (exact) mass is 503 g/mol. The summed E-state index contributed by atoms with van der Waals surface area (Å²) >= 11 is 0. The number of piperazine rings is 1. The molecule has 2 aromatic carbocycles. The predicted molar refractivity (Wildman–Crippen MR) is 123 cm³/mol. The third kappa shape index (κ3) is 4.64. The lowest BCUT2D eigenvalue weighted by atomic mass is 10.0. The van der Waals surface area contributed by atoms with Crippen LogP contribution < -0.4 is 10.1 Å². The fourth-order valence-electron chi connectivity index (χ4n) is 4.33. The highest BCUT2D eigenvalue weighted by atomic mass is 32.2. The van der Waals surface area contributed by atoms with Crippen LogP contribution in [0.15, 0.2) is 53.7 Å². The van der Waals surface area contributed by atoms with Crippen molar-refractivity contribution >= 4 is 21.6 Å². The summed E-state index contributed by atoms with van der Waals surface area (Å²) in [4.78, 5) is 14.8. The number of nitrogens with one attached hydrogen (secondary N) is 1. The van der Waals surface area contributed by atoms with Crippen LogP contribution in [0.5, 0.6) is 5.75 Å². The van der Waals surface area contributed by atoms with Gasteiger partial charge in [-0.15, -0.1) is 0 Å². The predicted octanol–water partition coefficient (Wildman–Crippen LogP) is 2.07.